The summed E-state index contributed by atoms with van der Waals surface area (Å²) in [5.74, 6) is 0. The molecule has 2 N–H and O–H groups in total. The van der Waals surface area contributed by atoms with Gasteiger partial charge in [-0.05, 0) is 57.8 Å². The molecule has 0 aromatic rings. The molecule has 0 atom stereocenters. The zero-order valence-electron chi connectivity index (χ0n) is 11.3. The predicted molar refractivity (Wildman–Crippen MR) is 71.6 cm³/mol. The van der Waals surface area contributed by atoms with Gasteiger partial charge in [0.05, 0.1) is 0 Å². The van der Waals surface area contributed by atoms with E-state index in [1.54, 1.807) is 0 Å². The van der Waals surface area contributed by atoms with Gasteiger partial charge in [0.1, 0.15) is 0 Å². The van der Waals surface area contributed by atoms with Crippen LogP contribution in [0.2, 0.25) is 0 Å². The molecular formula is C14H30N2. The highest BCUT2D eigenvalue weighted by Crippen LogP contribution is 2.38. The highest BCUT2D eigenvalue weighted by Gasteiger charge is 2.30. The summed E-state index contributed by atoms with van der Waals surface area (Å²) < 4.78 is 0. The van der Waals surface area contributed by atoms with Crippen LogP contribution in [0.5, 0.6) is 0 Å². The number of nitrogens with zero attached hydrogens (tertiary/aromatic N) is 1. The molecule has 0 aromatic carbocycles. The fourth-order valence-electron chi connectivity index (χ4n) is 2.83. The lowest BCUT2D eigenvalue weighted by molar-refractivity contribution is 0.156. The van der Waals surface area contributed by atoms with E-state index in [0.29, 0.717) is 5.41 Å². The Morgan fingerprint density at radius 3 is 2.38 bits per heavy atom. The number of nitrogens with two attached hydrogens (primary N) is 1. The van der Waals surface area contributed by atoms with E-state index in [4.69, 9.17) is 5.73 Å². The van der Waals surface area contributed by atoms with Crippen molar-refractivity contribution >= 4 is 0 Å². The van der Waals surface area contributed by atoms with E-state index in [1.165, 1.54) is 64.5 Å². The van der Waals surface area contributed by atoms with Crippen LogP contribution < -0.4 is 5.73 Å². The lowest BCUT2D eigenvalue weighted by Crippen LogP contribution is -2.36. The second-order valence-corrected chi connectivity index (χ2v) is 5.67. The molecule has 0 unspecified atom stereocenters. The van der Waals surface area contributed by atoms with Gasteiger partial charge in [-0.3, -0.25) is 0 Å². The van der Waals surface area contributed by atoms with Gasteiger partial charge in [-0.1, -0.05) is 32.6 Å². The zero-order valence-corrected chi connectivity index (χ0v) is 11.3. The molecule has 0 amide bonds. The average Bonchev–Trinajstić information content (AvgIpc) is 2.35. The van der Waals surface area contributed by atoms with Gasteiger partial charge in [-0.25, -0.2) is 0 Å². The third-order valence-corrected chi connectivity index (χ3v) is 4.26. The SMILES string of the molecule is CCCCN(C)CCC1(CN)CCCCC1. The fourth-order valence-corrected chi connectivity index (χ4v) is 2.83. The van der Waals surface area contributed by atoms with Crippen LogP contribution in [0, 0.1) is 5.41 Å². The van der Waals surface area contributed by atoms with Gasteiger partial charge >= 0.3 is 0 Å². The maximum atomic E-state index is 6.01. The minimum Gasteiger partial charge on any atom is -0.330 e. The second kappa shape index (κ2) is 7.29. The Morgan fingerprint density at radius 1 is 1.12 bits per heavy atom. The average molecular weight is 226 g/mol. The van der Waals surface area contributed by atoms with E-state index in [0.717, 1.165) is 6.54 Å². The maximum Gasteiger partial charge on any atom is -0.00160 e. The quantitative estimate of drug-likeness (QED) is 0.723. The van der Waals surface area contributed by atoms with Crippen LogP contribution in [-0.2, 0) is 0 Å². The molecule has 1 rings (SSSR count). The van der Waals surface area contributed by atoms with Crippen molar-refractivity contribution in [3.8, 4) is 0 Å². The highest BCUT2D eigenvalue weighted by atomic mass is 15.1. The van der Waals surface area contributed by atoms with Crippen LogP contribution in [0.25, 0.3) is 0 Å². The summed E-state index contributed by atoms with van der Waals surface area (Å²) in [5, 5.41) is 0. The van der Waals surface area contributed by atoms with Crippen molar-refractivity contribution in [1.82, 2.24) is 4.90 Å². The lowest BCUT2D eigenvalue weighted by Gasteiger charge is -2.37. The summed E-state index contributed by atoms with van der Waals surface area (Å²) in [7, 11) is 2.25. The summed E-state index contributed by atoms with van der Waals surface area (Å²) in [4.78, 5) is 2.48. The van der Waals surface area contributed by atoms with Crippen LogP contribution in [-0.4, -0.2) is 31.6 Å². The first-order valence-corrected chi connectivity index (χ1v) is 7.11. The number of rotatable bonds is 7. The van der Waals surface area contributed by atoms with Gasteiger partial charge in [0, 0.05) is 0 Å². The molecule has 0 radical (unpaired) electrons. The first kappa shape index (κ1) is 14.0. The van der Waals surface area contributed by atoms with Crippen molar-refractivity contribution in [3.05, 3.63) is 0 Å². The molecule has 0 heterocycles. The largest absolute Gasteiger partial charge is 0.330 e. The van der Waals surface area contributed by atoms with Gasteiger partial charge in [0.15, 0.2) is 0 Å². The molecule has 2 heteroatoms. The molecule has 16 heavy (non-hydrogen) atoms. The van der Waals surface area contributed by atoms with Gasteiger partial charge in [0.2, 0.25) is 0 Å². The second-order valence-electron chi connectivity index (χ2n) is 5.67. The minimum atomic E-state index is 0.485. The van der Waals surface area contributed by atoms with Gasteiger partial charge in [-0.2, -0.15) is 0 Å². The van der Waals surface area contributed by atoms with Crippen molar-refractivity contribution in [2.75, 3.05) is 26.7 Å². The number of hydrogen-bond donors (Lipinski definition) is 1. The first-order valence-electron chi connectivity index (χ1n) is 7.11. The first-order chi connectivity index (χ1) is 7.72. The van der Waals surface area contributed by atoms with Gasteiger partial charge in [0.25, 0.3) is 0 Å². The molecule has 1 aliphatic carbocycles. The van der Waals surface area contributed by atoms with Crippen molar-refractivity contribution < 1.29 is 0 Å². The van der Waals surface area contributed by atoms with E-state index < -0.39 is 0 Å². The molecule has 0 spiro atoms. The van der Waals surface area contributed by atoms with E-state index >= 15 is 0 Å². The lowest BCUT2D eigenvalue weighted by atomic mass is 9.72. The van der Waals surface area contributed by atoms with Gasteiger partial charge in [-0.15, -0.1) is 0 Å². The highest BCUT2D eigenvalue weighted by molar-refractivity contribution is 4.84. The Kier molecular flexibility index (Phi) is 6.37. The topological polar surface area (TPSA) is 29.3 Å². The molecule has 0 aromatic heterocycles. The fraction of sp³-hybridized carbons (Fsp3) is 1.00. The van der Waals surface area contributed by atoms with Crippen LogP contribution in [0.4, 0.5) is 0 Å². The van der Waals surface area contributed by atoms with E-state index in [1.807, 2.05) is 0 Å². The van der Waals surface area contributed by atoms with Crippen molar-refractivity contribution in [1.29, 1.82) is 0 Å². The summed E-state index contributed by atoms with van der Waals surface area (Å²) in [6.45, 7) is 5.64. The predicted octanol–water partition coefficient (Wildman–Crippen LogP) is 3.02. The molecule has 0 aliphatic heterocycles. The molecule has 2 nitrogen and oxygen atoms in total. The third kappa shape index (κ3) is 4.42. The molecule has 0 saturated heterocycles. The molecule has 1 saturated carbocycles. The number of unbranched alkanes of at least 4 members (excludes halogenated alkanes) is 1. The van der Waals surface area contributed by atoms with Crippen LogP contribution in [0.3, 0.4) is 0 Å². The molecule has 0 bridgehead atoms. The Balaban J connectivity index is 2.27. The monoisotopic (exact) mass is 226 g/mol. The van der Waals surface area contributed by atoms with Crippen LogP contribution >= 0.6 is 0 Å². The van der Waals surface area contributed by atoms with Crippen molar-refractivity contribution in [2.45, 2.75) is 58.3 Å². The Labute approximate surface area is 102 Å². The van der Waals surface area contributed by atoms with Crippen LogP contribution in [0.15, 0.2) is 0 Å². The van der Waals surface area contributed by atoms with E-state index in [-0.39, 0.29) is 0 Å². The van der Waals surface area contributed by atoms with E-state index in [9.17, 15) is 0 Å². The summed E-state index contributed by atoms with van der Waals surface area (Å²) >= 11 is 0. The van der Waals surface area contributed by atoms with Crippen LogP contribution in [0.1, 0.15) is 58.3 Å². The normalized spacial score (nSPS) is 20.2. The van der Waals surface area contributed by atoms with E-state index in [2.05, 4.69) is 18.9 Å². The van der Waals surface area contributed by atoms with Gasteiger partial charge < -0.3 is 10.6 Å². The number of hydrogen-bond acceptors (Lipinski definition) is 2. The maximum absolute atomic E-state index is 6.01. The smallest absolute Gasteiger partial charge is 0.00160 e. The zero-order chi connectivity index (χ0) is 11.9. The Bertz CT molecular complexity index is 174. The molecule has 1 fully saturated rings. The van der Waals surface area contributed by atoms with Crippen molar-refractivity contribution in [3.63, 3.8) is 0 Å². The summed E-state index contributed by atoms with van der Waals surface area (Å²) in [6.07, 6.45) is 10.9. The molecule has 1 aliphatic rings. The standard InChI is InChI=1S/C14H30N2/c1-3-4-11-16(2)12-10-14(13-15)8-6-5-7-9-14/h3-13,15H2,1-2H3. The minimum absolute atomic E-state index is 0.485. The van der Waals surface area contributed by atoms with Crippen molar-refractivity contribution in [2.24, 2.45) is 11.1 Å². The summed E-state index contributed by atoms with van der Waals surface area (Å²) in [5.41, 5.74) is 6.49. The third-order valence-electron chi connectivity index (χ3n) is 4.26. The summed E-state index contributed by atoms with van der Waals surface area (Å²) in [6, 6.07) is 0. The molecule has 96 valence electrons. The Hall–Kier alpha value is -0.0800. The molecular weight excluding hydrogens is 196 g/mol. The Morgan fingerprint density at radius 2 is 1.81 bits per heavy atom.